The minimum absolute atomic E-state index is 0.219. The lowest BCUT2D eigenvalue weighted by molar-refractivity contribution is 0.454. The Balaban J connectivity index is 3.49. The van der Waals surface area contributed by atoms with Crippen molar-refractivity contribution in [1.29, 1.82) is 0 Å². The van der Waals surface area contributed by atoms with Gasteiger partial charge in [-0.05, 0) is 38.0 Å². The predicted octanol–water partition coefficient (Wildman–Crippen LogP) is 7.55. The lowest BCUT2D eigenvalue weighted by Gasteiger charge is -2.12. The summed E-state index contributed by atoms with van der Waals surface area (Å²) in [5, 5.41) is 0. The topological polar surface area (TPSA) is 29.4 Å². The van der Waals surface area contributed by atoms with Crippen molar-refractivity contribution in [2.24, 2.45) is 10.9 Å². The molecule has 0 aromatic heterocycles. The number of unbranched alkanes of at least 4 members (excludes halogenated alkanes) is 8. The van der Waals surface area contributed by atoms with E-state index in [-0.39, 0.29) is 6.04 Å². The second kappa shape index (κ2) is 19.2. The van der Waals surface area contributed by atoms with Crippen LogP contribution in [-0.4, -0.2) is 12.1 Å². The van der Waals surface area contributed by atoms with Gasteiger partial charge in [-0.3, -0.25) is 0 Å². The maximum atomic E-state index is 10.5. The van der Waals surface area contributed by atoms with Gasteiger partial charge >= 0.3 is 0 Å². The molecule has 0 aromatic rings. The van der Waals surface area contributed by atoms with Gasteiger partial charge in [0, 0.05) is 0 Å². The van der Waals surface area contributed by atoms with E-state index in [2.05, 4.69) is 25.1 Å². The first-order valence-electron chi connectivity index (χ1n) is 10.6. The Bertz CT molecular complexity index is 347. The van der Waals surface area contributed by atoms with Gasteiger partial charge in [-0.1, -0.05) is 83.3 Å². The number of aliphatic imine (C=N–C) groups is 1. The van der Waals surface area contributed by atoms with E-state index in [1.807, 2.05) is 12.2 Å². The fourth-order valence-electron chi connectivity index (χ4n) is 3.46. The molecule has 0 aliphatic carbocycles. The van der Waals surface area contributed by atoms with Crippen molar-refractivity contribution in [1.82, 2.24) is 0 Å². The highest BCUT2D eigenvalue weighted by Crippen LogP contribution is 2.20. The van der Waals surface area contributed by atoms with E-state index in [4.69, 9.17) is 0 Å². The molecule has 0 aliphatic rings. The predicted molar refractivity (Wildman–Crippen MR) is 111 cm³/mol. The fraction of sp³-hybridized carbons (Fsp3) is 0.783. The summed E-state index contributed by atoms with van der Waals surface area (Å²) in [5.74, 6) is 0.754. The third-order valence-corrected chi connectivity index (χ3v) is 5.03. The lowest BCUT2D eigenvalue weighted by atomic mass is 9.94. The van der Waals surface area contributed by atoms with Crippen molar-refractivity contribution in [3.63, 3.8) is 0 Å². The Morgan fingerprint density at radius 1 is 0.800 bits per heavy atom. The van der Waals surface area contributed by atoms with Crippen molar-refractivity contribution in [3.8, 4) is 0 Å². The summed E-state index contributed by atoms with van der Waals surface area (Å²) in [7, 11) is 0. The van der Waals surface area contributed by atoms with E-state index < -0.39 is 0 Å². The molecule has 0 spiro atoms. The first kappa shape index (κ1) is 23.9. The molecule has 25 heavy (non-hydrogen) atoms. The number of hydrogen-bond acceptors (Lipinski definition) is 2. The summed E-state index contributed by atoms with van der Waals surface area (Å²) < 4.78 is 0. The van der Waals surface area contributed by atoms with E-state index in [1.54, 1.807) is 6.08 Å². The highest BCUT2D eigenvalue weighted by molar-refractivity contribution is 5.33. The summed E-state index contributed by atoms with van der Waals surface area (Å²) in [6.45, 7) is 9.89. The third-order valence-electron chi connectivity index (χ3n) is 5.03. The number of isocyanates is 1. The van der Waals surface area contributed by atoms with Crippen LogP contribution in [0, 0.1) is 5.92 Å². The van der Waals surface area contributed by atoms with Gasteiger partial charge in [0.15, 0.2) is 0 Å². The molecule has 0 fully saturated rings. The highest BCUT2D eigenvalue weighted by Gasteiger charge is 2.06. The largest absolute Gasteiger partial charge is 0.235 e. The molecular formula is C23H41NO. The lowest BCUT2D eigenvalue weighted by Crippen LogP contribution is -2.03. The first-order chi connectivity index (χ1) is 12.3. The summed E-state index contributed by atoms with van der Waals surface area (Å²) in [4.78, 5) is 14.4. The molecule has 0 heterocycles. The molecule has 1 unspecified atom stereocenters. The molecule has 0 N–H and O–H groups in total. The van der Waals surface area contributed by atoms with Gasteiger partial charge in [-0.25, -0.2) is 9.79 Å². The SMILES string of the molecule is C=CCC(CC=C)CCCCCCCCCCC(CCCC)N=C=O. The standard InChI is InChI=1S/C23H41NO/c1-4-7-19-23(24-21-25)20-15-13-11-9-8-10-12-14-18-22(16-5-2)17-6-3/h5-6,22-23H,2-4,7-20H2,1H3. The van der Waals surface area contributed by atoms with Crippen LogP contribution >= 0.6 is 0 Å². The summed E-state index contributed by atoms with van der Waals surface area (Å²) in [5.41, 5.74) is 0. The number of rotatable bonds is 19. The molecule has 1 atom stereocenters. The van der Waals surface area contributed by atoms with Crippen molar-refractivity contribution in [3.05, 3.63) is 25.3 Å². The van der Waals surface area contributed by atoms with Crippen LogP contribution in [-0.2, 0) is 4.79 Å². The maximum absolute atomic E-state index is 10.5. The molecule has 0 rings (SSSR count). The molecule has 0 saturated carbocycles. The number of hydrogen-bond donors (Lipinski definition) is 0. The van der Waals surface area contributed by atoms with Crippen LogP contribution in [0.25, 0.3) is 0 Å². The van der Waals surface area contributed by atoms with Crippen LogP contribution in [0.15, 0.2) is 30.3 Å². The fourth-order valence-corrected chi connectivity index (χ4v) is 3.46. The quantitative estimate of drug-likeness (QED) is 0.103. The zero-order valence-electron chi connectivity index (χ0n) is 16.7. The molecule has 0 bridgehead atoms. The Morgan fingerprint density at radius 3 is 1.76 bits per heavy atom. The molecule has 0 aromatic carbocycles. The van der Waals surface area contributed by atoms with E-state index in [0.29, 0.717) is 0 Å². The molecule has 0 amide bonds. The normalized spacial score (nSPS) is 11.9. The van der Waals surface area contributed by atoms with Gasteiger partial charge in [-0.2, -0.15) is 0 Å². The van der Waals surface area contributed by atoms with E-state index >= 15 is 0 Å². The molecular weight excluding hydrogens is 306 g/mol. The van der Waals surface area contributed by atoms with Crippen LogP contribution in [0.2, 0.25) is 0 Å². The zero-order chi connectivity index (χ0) is 18.6. The molecule has 144 valence electrons. The second-order valence-electron chi connectivity index (χ2n) is 7.34. The number of carbonyl (C=O) groups excluding carboxylic acids is 1. The van der Waals surface area contributed by atoms with Gasteiger partial charge in [-0.15, -0.1) is 13.2 Å². The Hall–Kier alpha value is -1.14. The summed E-state index contributed by atoms with van der Waals surface area (Å²) in [6, 6.07) is 0.219. The van der Waals surface area contributed by atoms with Crippen molar-refractivity contribution >= 4 is 6.08 Å². The third kappa shape index (κ3) is 16.1. The minimum Gasteiger partial charge on any atom is -0.211 e. The van der Waals surface area contributed by atoms with Crippen molar-refractivity contribution < 1.29 is 4.79 Å². The smallest absolute Gasteiger partial charge is 0.211 e. The van der Waals surface area contributed by atoms with E-state index in [1.165, 1.54) is 64.2 Å². The highest BCUT2D eigenvalue weighted by atomic mass is 16.1. The summed E-state index contributed by atoms with van der Waals surface area (Å²) in [6.07, 6.45) is 24.4. The number of allylic oxidation sites excluding steroid dienone is 2. The molecule has 0 aliphatic heterocycles. The van der Waals surface area contributed by atoms with Crippen LogP contribution in [0.3, 0.4) is 0 Å². The zero-order valence-corrected chi connectivity index (χ0v) is 16.7. The molecule has 0 radical (unpaired) electrons. The Kier molecular flexibility index (Phi) is 18.3. The molecule has 2 nitrogen and oxygen atoms in total. The Morgan fingerprint density at radius 2 is 1.28 bits per heavy atom. The van der Waals surface area contributed by atoms with E-state index in [9.17, 15) is 4.79 Å². The van der Waals surface area contributed by atoms with Gasteiger partial charge in [0.05, 0.1) is 6.04 Å². The molecule has 2 heteroatoms. The van der Waals surface area contributed by atoms with Crippen LogP contribution < -0.4 is 0 Å². The average Bonchev–Trinajstić information content (AvgIpc) is 2.61. The van der Waals surface area contributed by atoms with Crippen LogP contribution in [0.5, 0.6) is 0 Å². The average molecular weight is 348 g/mol. The van der Waals surface area contributed by atoms with Crippen LogP contribution in [0.1, 0.15) is 103 Å². The van der Waals surface area contributed by atoms with Crippen molar-refractivity contribution in [2.45, 2.75) is 109 Å². The van der Waals surface area contributed by atoms with Gasteiger partial charge < -0.3 is 0 Å². The first-order valence-corrected chi connectivity index (χ1v) is 10.6. The molecule has 0 saturated heterocycles. The van der Waals surface area contributed by atoms with Gasteiger partial charge in [0.1, 0.15) is 0 Å². The Labute approximate surface area is 156 Å². The monoisotopic (exact) mass is 347 g/mol. The van der Waals surface area contributed by atoms with Crippen molar-refractivity contribution in [2.75, 3.05) is 0 Å². The summed E-state index contributed by atoms with van der Waals surface area (Å²) >= 11 is 0. The minimum atomic E-state index is 0.219. The second-order valence-corrected chi connectivity index (χ2v) is 7.34. The van der Waals surface area contributed by atoms with Gasteiger partial charge in [0.25, 0.3) is 0 Å². The maximum Gasteiger partial charge on any atom is 0.235 e. The number of nitrogens with zero attached hydrogens (tertiary/aromatic N) is 1. The van der Waals surface area contributed by atoms with E-state index in [0.717, 1.165) is 38.0 Å². The van der Waals surface area contributed by atoms with Gasteiger partial charge in [0.2, 0.25) is 6.08 Å². The van der Waals surface area contributed by atoms with Crippen LogP contribution in [0.4, 0.5) is 0 Å².